The molecule has 0 N–H and O–H groups in total. The molecule has 7 heteroatoms. The summed E-state index contributed by atoms with van der Waals surface area (Å²) in [5, 5.41) is 2.73. The Morgan fingerprint density at radius 3 is 2.63 bits per heavy atom. The van der Waals surface area contributed by atoms with Gasteiger partial charge in [0.1, 0.15) is 18.9 Å². The Morgan fingerprint density at radius 1 is 1.11 bits per heavy atom. The van der Waals surface area contributed by atoms with Gasteiger partial charge >= 0.3 is 0 Å². The predicted octanol–water partition coefficient (Wildman–Crippen LogP) is 5.77. The number of ether oxygens (including phenoxy) is 1. The molecule has 0 spiro atoms. The quantitative estimate of drug-likeness (QED) is 0.388. The first kappa shape index (κ1) is 23.9. The Hall–Kier alpha value is -2.83. The van der Waals surface area contributed by atoms with Crippen LogP contribution in [0.25, 0.3) is 0 Å². The van der Waals surface area contributed by atoms with E-state index < -0.39 is 0 Å². The summed E-state index contributed by atoms with van der Waals surface area (Å²) >= 11 is 7.73. The van der Waals surface area contributed by atoms with Gasteiger partial charge in [0.2, 0.25) is 5.91 Å². The lowest BCUT2D eigenvalue weighted by molar-refractivity contribution is -0.135. The van der Waals surface area contributed by atoms with E-state index in [1.165, 1.54) is 4.88 Å². The Labute approximate surface area is 215 Å². The van der Waals surface area contributed by atoms with Gasteiger partial charge in [0.15, 0.2) is 0 Å². The highest BCUT2D eigenvalue weighted by Crippen LogP contribution is 2.35. The highest BCUT2D eigenvalue weighted by molar-refractivity contribution is 7.10. The summed E-state index contributed by atoms with van der Waals surface area (Å²) < 4.78 is 6.09. The number of aryl methyl sites for hydroxylation is 1. The fraction of sp³-hybridized carbons (Fsp3) is 0.357. The molecule has 0 unspecified atom stereocenters. The first-order valence-corrected chi connectivity index (χ1v) is 13.3. The van der Waals surface area contributed by atoms with Gasteiger partial charge in [-0.25, -0.2) is 0 Å². The second kappa shape index (κ2) is 10.4. The number of carbonyl (C=O) groups is 2. The van der Waals surface area contributed by atoms with Gasteiger partial charge in [-0.15, -0.1) is 11.3 Å². The van der Waals surface area contributed by atoms with Crippen molar-refractivity contribution >= 4 is 34.8 Å². The molecule has 35 heavy (non-hydrogen) atoms. The molecule has 0 bridgehead atoms. The SMILES string of the molecule is Cc1ccccc1C(=O)N(CC(=O)N1CCc2sccc2[C@H]1COc1ccc(Cl)cc1)CC1CC1. The van der Waals surface area contributed by atoms with Gasteiger partial charge < -0.3 is 14.5 Å². The molecule has 5 nitrogen and oxygen atoms in total. The molecule has 3 aromatic rings. The maximum Gasteiger partial charge on any atom is 0.254 e. The van der Waals surface area contributed by atoms with Crippen molar-refractivity contribution in [3.8, 4) is 5.75 Å². The average Bonchev–Trinajstić information content (AvgIpc) is 3.55. The number of hydrogen-bond donors (Lipinski definition) is 0. The van der Waals surface area contributed by atoms with Crippen molar-refractivity contribution in [1.82, 2.24) is 9.80 Å². The second-order valence-corrected chi connectivity index (χ2v) is 10.8. The number of carbonyl (C=O) groups excluding carboxylic acids is 2. The van der Waals surface area contributed by atoms with Crippen LogP contribution in [0.5, 0.6) is 5.75 Å². The van der Waals surface area contributed by atoms with Crippen molar-refractivity contribution in [1.29, 1.82) is 0 Å². The van der Waals surface area contributed by atoms with Gasteiger partial charge in [-0.2, -0.15) is 0 Å². The summed E-state index contributed by atoms with van der Waals surface area (Å²) in [6.45, 7) is 3.63. The van der Waals surface area contributed by atoms with Gasteiger partial charge in [-0.1, -0.05) is 29.8 Å². The normalized spacial score (nSPS) is 17.1. The molecule has 5 rings (SSSR count). The molecule has 1 aromatic heterocycles. The number of thiophene rings is 1. The fourth-order valence-corrected chi connectivity index (χ4v) is 5.70. The summed E-state index contributed by atoms with van der Waals surface area (Å²) in [5.74, 6) is 1.11. The Kier molecular flexibility index (Phi) is 7.12. The monoisotopic (exact) mass is 508 g/mol. The van der Waals surface area contributed by atoms with E-state index in [2.05, 4.69) is 11.4 Å². The topological polar surface area (TPSA) is 49.9 Å². The lowest BCUT2D eigenvalue weighted by Crippen LogP contribution is -2.48. The average molecular weight is 509 g/mol. The number of amides is 2. The number of rotatable bonds is 8. The molecule has 1 saturated carbocycles. The highest BCUT2D eigenvalue weighted by Gasteiger charge is 2.35. The Balaban J connectivity index is 1.34. The van der Waals surface area contributed by atoms with Crippen LogP contribution in [0.15, 0.2) is 60.0 Å². The third-order valence-electron chi connectivity index (χ3n) is 6.80. The third-order valence-corrected chi connectivity index (χ3v) is 8.05. The first-order chi connectivity index (χ1) is 17.0. The van der Waals surface area contributed by atoms with Gasteiger partial charge in [-0.05, 0) is 85.0 Å². The van der Waals surface area contributed by atoms with E-state index in [1.807, 2.05) is 48.2 Å². The number of halogens is 1. The number of nitrogens with zero attached hydrogens (tertiary/aromatic N) is 2. The smallest absolute Gasteiger partial charge is 0.254 e. The van der Waals surface area contributed by atoms with Crippen molar-refractivity contribution < 1.29 is 14.3 Å². The Morgan fingerprint density at radius 2 is 1.89 bits per heavy atom. The summed E-state index contributed by atoms with van der Waals surface area (Å²) in [6, 6.07) is 16.8. The summed E-state index contributed by atoms with van der Waals surface area (Å²) in [7, 11) is 0. The second-order valence-electron chi connectivity index (χ2n) is 9.36. The molecule has 1 aliphatic carbocycles. The van der Waals surface area contributed by atoms with Crippen molar-refractivity contribution in [2.24, 2.45) is 5.92 Å². The van der Waals surface area contributed by atoms with Crippen molar-refractivity contribution in [2.75, 3.05) is 26.2 Å². The summed E-state index contributed by atoms with van der Waals surface area (Å²) in [6.07, 6.45) is 3.06. The molecule has 1 aliphatic heterocycles. The number of benzene rings is 2. The first-order valence-electron chi connectivity index (χ1n) is 12.1. The van der Waals surface area contributed by atoms with Crippen LogP contribution in [0.1, 0.15) is 45.2 Å². The molecular weight excluding hydrogens is 480 g/mol. The number of hydrogen-bond acceptors (Lipinski definition) is 4. The Bertz CT molecular complexity index is 1200. The van der Waals surface area contributed by atoms with Gasteiger partial charge in [0, 0.05) is 28.6 Å². The molecule has 2 amide bonds. The zero-order valence-corrected chi connectivity index (χ0v) is 21.4. The van der Waals surface area contributed by atoms with E-state index in [0.717, 1.165) is 30.4 Å². The lowest BCUT2D eigenvalue weighted by Gasteiger charge is -2.37. The lowest BCUT2D eigenvalue weighted by atomic mass is 10.00. The summed E-state index contributed by atoms with van der Waals surface area (Å²) in [5.41, 5.74) is 2.74. The predicted molar refractivity (Wildman–Crippen MR) is 139 cm³/mol. The van der Waals surface area contributed by atoms with E-state index in [0.29, 0.717) is 41.9 Å². The van der Waals surface area contributed by atoms with E-state index >= 15 is 0 Å². The molecular formula is C28H29ClN2O3S. The molecule has 2 heterocycles. The van der Waals surface area contributed by atoms with Crippen molar-refractivity contribution in [2.45, 2.75) is 32.2 Å². The van der Waals surface area contributed by atoms with Crippen LogP contribution < -0.4 is 4.74 Å². The molecule has 2 aromatic carbocycles. The minimum atomic E-state index is -0.190. The van der Waals surface area contributed by atoms with Crippen LogP contribution in [0.3, 0.4) is 0 Å². The molecule has 1 atom stereocenters. The van der Waals surface area contributed by atoms with Crippen molar-refractivity contribution in [3.63, 3.8) is 0 Å². The van der Waals surface area contributed by atoms with Crippen LogP contribution >= 0.6 is 22.9 Å². The van der Waals surface area contributed by atoms with E-state index in [1.54, 1.807) is 28.4 Å². The van der Waals surface area contributed by atoms with Gasteiger partial charge in [0.25, 0.3) is 5.91 Å². The van der Waals surface area contributed by atoms with Crippen LogP contribution in [0.4, 0.5) is 0 Å². The van der Waals surface area contributed by atoms with Crippen LogP contribution in [-0.2, 0) is 11.2 Å². The van der Waals surface area contributed by atoms with E-state index in [4.69, 9.17) is 16.3 Å². The van der Waals surface area contributed by atoms with Crippen LogP contribution in [0, 0.1) is 12.8 Å². The standard InChI is InChI=1S/C28H29ClN2O3S/c1-19-4-2-3-5-23(19)28(33)30(16-20-6-7-20)17-27(32)31-14-12-26-24(13-15-35-26)25(31)18-34-22-10-8-21(29)9-11-22/h2-5,8-11,13,15,20,25H,6-7,12,14,16-18H2,1H3/t25-/m1/s1. The molecule has 182 valence electrons. The zero-order valence-electron chi connectivity index (χ0n) is 19.8. The van der Waals surface area contributed by atoms with Gasteiger partial charge in [-0.3, -0.25) is 9.59 Å². The van der Waals surface area contributed by atoms with E-state index in [-0.39, 0.29) is 24.4 Å². The number of fused-ring (bicyclic) bond motifs is 1. The molecule has 0 saturated heterocycles. The largest absolute Gasteiger partial charge is 0.491 e. The fourth-order valence-electron chi connectivity index (χ4n) is 4.65. The molecule has 0 radical (unpaired) electrons. The van der Waals surface area contributed by atoms with Crippen LogP contribution in [-0.4, -0.2) is 47.9 Å². The van der Waals surface area contributed by atoms with Crippen LogP contribution in [0.2, 0.25) is 5.02 Å². The minimum Gasteiger partial charge on any atom is -0.491 e. The maximum atomic E-state index is 13.7. The van der Waals surface area contributed by atoms with Gasteiger partial charge in [0.05, 0.1) is 6.04 Å². The summed E-state index contributed by atoms with van der Waals surface area (Å²) in [4.78, 5) is 32.1. The minimum absolute atomic E-state index is 0.0332. The maximum absolute atomic E-state index is 13.7. The zero-order chi connectivity index (χ0) is 24.4. The molecule has 2 aliphatic rings. The third kappa shape index (κ3) is 5.54. The van der Waals surface area contributed by atoms with Crippen molar-refractivity contribution in [3.05, 3.63) is 86.6 Å². The van der Waals surface area contributed by atoms with E-state index in [9.17, 15) is 9.59 Å². The molecule has 1 fully saturated rings. The highest BCUT2D eigenvalue weighted by atomic mass is 35.5.